The van der Waals surface area contributed by atoms with Crippen molar-refractivity contribution in [3.05, 3.63) is 48.0 Å². The Balaban J connectivity index is 0.00000242. The molecule has 120 valence electrons. The predicted octanol–water partition coefficient (Wildman–Crippen LogP) is 1.73. The van der Waals surface area contributed by atoms with Gasteiger partial charge in [0, 0.05) is 20.6 Å². The smallest absolute Gasteiger partial charge is 0.191 e. The molecule has 1 heterocycles. The Morgan fingerprint density at radius 2 is 2.00 bits per heavy atom. The highest BCUT2D eigenvalue weighted by Gasteiger charge is 2.02. The van der Waals surface area contributed by atoms with Crippen molar-refractivity contribution in [1.29, 1.82) is 0 Å². The molecule has 0 aliphatic carbocycles. The number of hydrogen-bond donors (Lipinski definition) is 2. The molecule has 2 aromatic rings. The van der Waals surface area contributed by atoms with Crippen LogP contribution in [0, 0.1) is 0 Å². The first-order valence-corrected chi connectivity index (χ1v) is 7.11. The lowest BCUT2D eigenvalue weighted by atomic mass is 10.1. The Kier molecular flexibility index (Phi) is 8.49. The summed E-state index contributed by atoms with van der Waals surface area (Å²) < 4.78 is 1.75. The zero-order chi connectivity index (χ0) is 14.9. The van der Waals surface area contributed by atoms with E-state index in [0.717, 1.165) is 31.2 Å². The summed E-state index contributed by atoms with van der Waals surface area (Å²) in [5, 5.41) is 10.6. The molecule has 1 aromatic carbocycles. The third kappa shape index (κ3) is 6.00. The first-order chi connectivity index (χ1) is 10.3. The summed E-state index contributed by atoms with van der Waals surface area (Å²) in [4.78, 5) is 8.36. The van der Waals surface area contributed by atoms with Crippen LogP contribution in [-0.2, 0) is 20.0 Å². The zero-order valence-electron chi connectivity index (χ0n) is 13.0. The first-order valence-electron chi connectivity index (χ1n) is 7.11. The zero-order valence-corrected chi connectivity index (χ0v) is 15.3. The van der Waals surface area contributed by atoms with Crippen molar-refractivity contribution < 1.29 is 0 Å². The number of aryl methyl sites for hydroxylation is 2. The summed E-state index contributed by atoms with van der Waals surface area (Å²) in [7, 11) is 3.64. The van der Waals surface area contributed by atoms with Gasteiger partial charge in [-0.05, 0) is 18.4 Å². The molecule has 1 aromatic heterocycles. The first kappa shape index (κ1) is 18.4. The van der Waals surface area contributed by atoms with Gasteiger partial charge in [-0.15, -0.1) is 24.0 Å². The Labute approximate surface area is 148 Å². The highest BCUT2D eigenvalue weighted by molar-refractivity contribution is 14.0. The Morgan fingerprint density at radius 1 is 1.23 bits per heavy atom. The van der Waals surface area contributed by atoms with Crippen LogP contribution in [0.4, 0.5) is 0 Å². The lowest BCUT2D eigenvalue weighted by molar-refractivity contribution is 0.669. The highest BCUT2D eigenvalue weighted by atomic mass is 127. The van der Waals surface area contributed by atoms with Crippen LogP contribution in [0.1, 0.15) is 17.8 Å². The molecular weight excluding hydrogens is 391 g/mol. The van der Waals surface area contributed by atoms with E-state index in [9.17, 15) is 0 Å². The number of nitrogens with zero attached hydrogens (tertiary/aromatic N) is 4. The molecule has 2 rings (SSSR count). The molecule has 0 amide bonds. The lowest BCUT2D eigenvalue weighted by Crippen LogP contribution is -2.38. The van der Waals surface area contributed by atoms with Crippen LogP contribution < -0.4 is 10.6 Å². The van der Waals surface area contributed by atoms with Crippen molar-refractivity contribution in [2.45, 2.75) is 19.4 Å². The van der Waals surface area contributed by atoms with Gasteiger partial charge in [0.25, 0.3) is 0 Å². The van der Waals surface area contributed by atoms with Crippen LogP contribution in [0.5, 0.6) is 0 Å². The van der Waals surface area contributed by atoms with Crippen molar-refractivity contribution in [1.82, 2.24) is 25.4 Å². The third-order valence-corrected chi connectivity index (χ3v) is 3.22. The molecule has 0 saturated heterocycles. The van der Waals surface area contributed by atoms with Gasteiger partial charge in [-0.3, -0.25) is 9.67 Å². The molecule has 2 N–H and O–H groups in total. The quantitative estimate of drug-likeness (QED) is 0.327. The fourth-order valence-electron chi connectivity index (χ4n) is 2.01. The van der Waals surface area contributed by atoms with E-state index in [2.05, 4.69) is 50.0 Å². The molecule has 0 fully saturated rings. The molecule has 22 heavy (non-hydrogen) atoms. The summed E-state index contributed by atoms with van der Waals surface area (Å²) >= 11 is 0. The molecule has 0 radical (unpaired) electrons. The third-order valence-electron chi connectivity index (χ3n) is 3.22. The SMILES string of the molecule is CN=C(NCCCc1ccccc1)NCc1ncnn1C.I. The van der Waals surface area contributed by atoms with E-state index in [0.29, 0.717) is 6.54 Å². The molecule has 0 aliphatic rings. The average molecular weight is 414 g/mol. The second-order valence-electron chi connectivity index (χ2n) is 4.74. The number of aliphatic imine (C=N–C) groups is 1. The van der Waals surface area contributed by atoms with Gasteiger partial charge in [-0.25, -0.2) is 4.98 Å². The van der Waals surface area contributed by atoms with Crippen molar-refractivity contribution in [3.63, 3.8) is 0 Å². The number of aromatic nitrogens is 3. The number of halogens is 1. The van der Waals surface area contributed by atoms with Crippen LogP contribution in [0.25, 0.3) is 0 Å². The second-order valence-corrected chi connectivity index (χ2v) is 4.74. The molecule has 0 spiro atoms. The van der Waals surface area contributed by atoms with Crippen molar-refractivity contribution in [2.24, 2.45) is 12.0 Å². The van der Waals surface area contributed by atoms with Crippen molar-refractivity contribution in [3.8, 4) is 0 Å². The minimum absolute atomic E-state index is 0. The van der Waals surface area contributed by atoms with Crippen LogP contribution in [0.15, 0.2) is 41.7 Å². The molecule has 0 unspecified atom stereocenters. The van der Waals surface area contributed by atoms with E-state index in [4.69, 9.17) is 0 Å². The topological polar surface area (TPSA) is 67.1 Å². The minimum atomic E-state index is 0. The van der Waals surface area contributed by atoms with Gasteiger partial charge >= 0.3 is 0 Å². The van der Waals surface area contributed by atoms with E-state index >= 15 is 0 Å². The minimum Gasteiger partial charge on any atom is -0.356 e. The van der Waals surface area contributed by atoms with Crippen LogP contribution in [-0.4, -0.2) is 34.3 Å². The van der Waals surface area contributed by atoms with Gasteiger partial charge in [0.05, 0.1) is 6.54 Å². The summed E-state index contributed by atoms with van der Waals surface area (Å²) in [5.74, 6) is 1.66. The summed E-state index contributed by atoms with van der Waals surface area (Å²) in [5.41, 5.74) is 1.36. The van der Waals surface area contributed by atoms with Gasteiger partial charge in [0.2, 0.25) is 0 Å². The van der Waals surface area contributed by atoms with Gasteiger partial charge in [0.1, 0.15) is 12.2 Å². The van der Waals surface area contributed by atoms with Crippen LogP contribution in [0.3, 0.4) is 0 Å². The molecule has 0 bridgehead atoms. The lowest BCUT2D eigenvalue weighted by Gasteiger charge is -2.11. The van der Waals surface area contributed by atoms with Gasteiger partial charge < -0.3 is 10.6 Å². The fraction of sp³-hybridized carbons (Fsp3) is 0.400. The van der Waals surface area contributed by atoms with Gasteiger partial charge in [-0.1, -0.05) is 30.3 Å². The van der Waals surface area contributed by atoms with Gasteiger partial charge in [0.15, 0.2) is 5.96 Å². The van der Waals surface area contributed by atoms with Crippen LogP contribution in [0.2, 0.25) is 0 Å². The van der Waals surface area contributed by atoms with E-state index in [-0.39, 0.29) is 24.0 Å². The summed E-state index contributed by atoms with van der Waals surface area (Å²) in [6.07, 6.45) is 3.68. The Morgan fingerprint density at radius 3 is 2.64 bits per heavy atom. The number of guanidine groups is 1. The molecule has 0 saturated carbocycles. The number of hydrogen-bond acceptors (Lipinski definition) is 3. The maximum absolute atomic E-state index is 4.20. The number of rotatable bonds is 6. The van der Waals surface area contributed by atoms with E-state index in [1.165, 1.54) is 5.56 Å². The Bertz CT molecular complexity index is 566. The summed E-state index contributed by atoms with van der Waals surface area (Å²) in [6, 6.07) is 10.5. The number of benzene rings is 1. The van der Waals surface area contributed by atoms with Gasteiger partial charge in [-0.2, -0.15) is 5.10 Å². The Hall–Kier alpha value is -1.64. The van der Waals surface area contributed by atoms with E-state index in [1.54, 1.807) is 18.1 Å². The highest BCUT2D eigenvalue weighted by Crippen LogP contribution is 2.01. The second kappa shape index (κ2) is 10.1. The summed E-state index contributed by atoms with van der Waals surface area (Å²) in [6.45, 7) is 1.49. The maximum Gasteiger partial charge on any atom is 0.191 e. The maximum atomic E-state index is 4.20. The normalized spacial score (nSPS) is 10.9. The fourth-order valence-corrected chi connectivity index (χ4v) is 2.01. The monoisotopic (exact) mass is 414 g/mol. The van der Waals surface area contributed by atoms with Crippen LogP contribution >= 0.6 is 24.0 Å². The molecular formula is C15H23IN6. The van der Waals surface area contributed by atoms with Crippen molar-refractivity contribution >= 4 is 29.9 Å². The average Bonchev–Trinajstić information content (AvgIpc) is 2.93. The number of nitrogens with one attached hydrogen (secondary N) is 2. The largest absolute Gasteiger partial charge is 0.356 e. The molecule has 0 aliphatic heterocycles. The van der Waals surface area contributed by atoms with E-state index in [1.807, 2.05) is 13.1 Å². The molecule has 7 heteroatoms. The molecule has 0 atom stereocenters. The van der Waals surface area contributed by atoms with E-state index < -0.39 is 0 Å². The predicted molar refractivity (Wildman–Crippen MR) is 99.4 cm³/mol. The van der Waals surface area contributed by atoms with Crippen molar-refractivity contribution in [2.75, 3.05) is 13.6 Å². The standard InChI is InChI=1S/C15H22N6.HI/c1-16-15(18-11-14-19-12-20-21(14)2)17-10-6-9-13-7-4-3-5-8-13;/h3-5,7-8,12H,6,9-11H2,1-2H3,(H2,16,17,18);1H. The molecule has 6 nitrogen and oxygen atoms in total.